The zero-order chi connectivity index (χ0) is 14.5. The van der Waals surface area contributed by atoms with Crippen LogP contribution in [0, 0.1) is 0 Å². The Hall–Kier alpha value is -1.15. The van der Waals surface area contributed by atoms with Gasteiger partial charge in [-0.2, -0.15) is 0 Å². The second kappa shape index (κ2) is 7.58. The highest BCUT2D eigenvalue weighted by Gasteiger charge is 2.21. The summed E-state index contributed by atoms with van der Waals surface area (Å²) < 4.78 is 26.0. The second-order valence-corrected chi connectivity index (χ2v) is 6.46. The number of benzene rings is 1. The van der Waals surface area contributed by atoms with Crippen molar-refractivity contribution in [2.24, 2.45) is 5.73 Å². The molecular weight excluding hydrogens is 302 g/mol. The van der Waals surface area contributed by atoms with E-state index in [1.54, 1.807) is 32.0 Å². The molecule has 0 unspecified atom stereocenters. The van der Waals surface area contributed by atoms with E-state index in [0.717, 1.165) is 0 Å². The molecule has 0 aliphatic carbocycles. The lowest BCUT2D eigenvalue weighted by Gasteiger charge is -2.17. The van der Waals surface area contributed by atoms with Crippen molar-refractivity contribution in [2.45, 2.75) is 24.3 Å². The van der Waals surface area contributed by atoms with Gasteiger partial charge in [-0.25, -0.2) is 13.1 Å². The third-order valence-corrected chi connectivity index (χ3v) is 3.82. The van der Waals surface area contributed by atoms with E-state index in [1.165, 1.54) is 12.1 Å². The number of nitrogens with one attached hydrogen (secondary N) is 2. The summed E-state index contributed by atoms with van der Waals surface area (Å²) in [6.07, 6.45) is 0. The SMILES string of the molecule is CC(C)(N)C(=O)NCCNS(=O)(=O)c1ccccc1.Cl. The van der Waals surface area contributed by atoms with E-state index in [9.17, 15) is 13.2 Å². The van der Waals surface area contributed by atoms with Gasteiger partial charge in [-0.3, -0.25) is 4.79 Å². The normalized spacial score (nSPS) is 11.6. The van der Waals surface area contributed by atoms with Gasteiger partial charge < -0.3 is 11.1 Å². The molecule has 8 heteroatoms. The Morgan fingerprint density at radius 2 is 1.75 bits per heavy atom. The molecule has 1 amide bonds. The Kier molecular flexibility index (Phi) is 7.15. The minimum absolute atomic E-state index is 0. The summed E-state index contributed by atoms with van der Waals surface area (Å²) in [5.74, 6) is -0.327. The van der Waals surface area contributed by atoms with Crippen LogP contribution in [-0.2, 0) is 14.8 Å². The van der Waals surface area contributed by atoms with Gasteiger partial charge in [-0.15, -0.1) is 12.4 Å². The average molecular weight is 322 g/mol. The molecule has 0 aliphatic rings. The molecule has 0 bridgehead atoms. The van der Waals surface area contributed by atoms with Crippen molar-refractivity contribution >= 4 is 28.3 Å². The van der Waals surface area contributed by atoms with Crippen LogP contribution in [0.2, 0.25) is 0 Å². The first kappa shape index (κ1) is 18.9. The third kappa shape index (κ3) is 5.87. The molecule has 0 saturated heterocycles. The molecule has 0 aliphatic heterocycles. The largest absolute Gasteiger partial charge is 0.353 e. The first-order valence-corrected chi connectivity index (χ1v) is 7.34. The van der Waals surface area contributed by atoms with E-state index in [1.807, 2.05) is 0 Å². The van der Waals surface area contributed by atoms with Gasteiger partial charge in [-0.1, -0.05) is 18.2 Å². The summed E-state index contributed by atoms with van der Waals surface area (Å²) in [4.78, 5) is 11.6. The molecule has 1 rings (SSSR count). The van der Waals surface area contributed by atoms with Crippen LogP contribution in [-0.4, -0.2) is 33.0 Å². The van der Waals surface area contributed by atoms with Gasteiger partial charge >= 0.3 is 0 Å². The first-order valence-electron chi connectivity index (χ1n) is 5.85. The number of hydrogen-bond donors (Lipinski definition) is 3. The van der Waals surface area contributed by atoms with E-state index in [-0.39, 0.29) is 36.3 Å². The Labute approximate surface area is 125 Å². The maximum Gasteiger partial charge on any atom is 0.240 e. The number of halogens is 1. The van der Waals surface area contributed by atoms with Crippen molar-refractivity contribution in [1.29, 1.82) is 0 Å². The molecule has 1 aromatic rings. The molecule has 0 heterocycles. The summed E-state index contributed by atoms with van der Waals surface area (Å²) >= 11 is 0. The number of hydrogen-bond acceptors (Lipinski definition) is 4. The zero-order valence-electron chi connectivity index (χ0n) is 11.4. The fourth-order valence-corrected chi connectivity index (χ4v) is 2.33. The fraction of sp³-hybridized carbons (Fsp3) is 0.417. The van der Waals surface area contributed by atoms with Crippen molar-refractivity contribution in [1.82, 2.24) is 10.0 Å². The Bertz CT molecular complexity index is 527. The molecule has 0 radical (unpaired) electrons. The van der Waals surface area contributed by atoms with Crippen LogP contribution in [0.15, 0.2) is 35.2 Å². The van der Waals surface area contributed by atoms with Crippen molar-refractivity contribution < 1.29 is 13.2 Å². The van der Waals surface area contributed by atoms with Gasteiger partial charge in [0.1, 0.15) is 0 Å². The molecular formula is C12H20ClN3O3S. The van der Waals surface area contributed by atoms with Gasteiger partial charge in [0, 0.05) is 13.1 Å². The lowest BCUT2D eigenvalue weighted by molar-refractivity contribution is -0.125. The van der Waals surface area contributed by atoms with Crippen LogP contribution in [0.5, 0.6) is 0 Å². The quantitative estimate of drug-likeness (QED) is 0.653. The van der Waals surface area contributed by atoms with E-state index < -0.39 is 15.6 Å². The smallest absolute Gasteiger partial charge is 0.240 e. The lowest BCUT2D eigenvalue weighted by atomic mass is 10.1. The highest BCUT2D eigenvalue weighted by molar-refractivity contribution is 7.89. The molecule has 0 aromatic heterocycles. The molecule has 1 aromatic carbocycles. The summed E-state index contributed by atoms with van der Waals surface area (Å²) in [5.41, 5.74) is 4.61. The number of rotatable bonds is 6. The van der Waals surface area contributed by atoms with Crippen molar-refractivity contribution in [3.05, 3.63) is 30.3 Å². The van der Waals surface area contributed by atoms with Crippen LogP contribution in [0.1, 0.15) is 13.8 Å². The van der Waals surface area contributed by atoms with Crippen LogP contribution in [0.4, 0.5) is 0 Å². The highest BCUT2D eigenvalue weighted by atomic mass is 35.5. The van der Waals surface area contributed by atoms with Crippen LogP contribution >= 0.6 is 12.4 Å². The summed E-state index contributed by atoms with van der Waals surface area (Å²) in [7, 11) is -3.53. The number of carbonyl (C=O) groups excluding carboxylic acids is 1. The Morgan fingerprint density at radius 3 is 2.25 bits per heavy atom. The second-order valence-electron chi connectivity index (χ2n) is 4.69. The van der Waals surface area contributed by atoms with Crippen LogP contribution in [0.25, 0.3) is 0 Å². The molecule has 20 heavy (non-hydrogen) atoms. The molecule has 0 atom stereocenters. The first-order chi connectivity index (χ1) is 8.73. The number of nitrogens with two attached hydrogens (primary N) is 1. The predicted octanol–water partition coefficient (Wildman–Crippen LogP) is 0.240. The maximum absolute atomic E-state index is 11.8. The van der Waals surface area contributed by atoms with Gasteiger partial charge in [0.15, 0.2) is 0 Å². The molecule has 6 nitrogen and oxygen atoms in total. The average Bonchev–Trinajstić information content (AvgIpc) is 2.34. The monoisotopic (exact) mass is 321 g/mol. The minimum Gasteiger partial charge on any atom is -0.353 e. The van der Waals surface area contributed by atoms with E-state index in [2.05, 4.69) is 10.0 Å². The van der Waals surface area contributed by atoms with Gasteiger partial charge in [0.2, 0.25) is 15.9 Å². The van der Waals surface area contributed by atoms with Gasteiger partial charge in [0.05, 0.1) is 10.4 Å². The Morgan fingerprint density at radius 1 is 1.20 bits per heavy atom. The zero-order valence-corrected chi connectivity index (χ0v) is 13.1. The third-order valence-electron chi connectivity index (χ3n) is 2.34. The molecule has 4 N–H and O–H groups in total. The standard InChI is InChI=1S/C12H19N3O3S.ClH/c1-12(2,13)11(16)14-8-9-15-19(17,18)10-6-4-3-5-7-10;/h3-7,15H,8-9,13H2,1-2H3,(H,14,16);1H. The van der Waals surface area contributed by atoms with Crippen molar-refractivity contribution in [3.8, 4) is 0 Å². The van der Waals surface area contributed by atoms with Crippen LogP contribution < -0.4 is 15.8 Å². The molecule has 0 saturated carbocycles. The van der Waals surface area contributed by atoms with E-state index in [0.29, 0.717) is 0 Å². The van der Waals surface area contributed by atoms with E-state index >= 15 is 0 Å². The number of carbonyl (C=O) groups is 1. The summed E-state index contributed by atoms with van der Waals surface area (Å²) in [6, 6.07) is 8.04. The molecule has 114 valence electrons. The summed E-state index contributed by atoms with van der Waals surface area (Å²) in [5, 5.41) is 2.56. The number of sulfonamides is 1. The highest BCUT2D eigenvalue weighted by Crippen LogP contribution is 2.06. The minimum atomic E-state index is -3.53. The molecule has 0 spiro atoms. The lowest BCUT2D eigenvalue weighted by Crippen LogP contribution is -2.50. The molecule has 0 fully saturated rings. The number of amides is 1. The fourth-order valence-electron chi connectivity index (χ4n) is 1.27. The van der Waals surface area contributed by atoms with Crippen LogP contribution in [0.3, 0.4) is 0 Å². The van der Waals surface area contributed by atoms with Crippen molar-refractivity contribution in [3.63, 3.8) is 0 Å². The van der Waals surface area contributed by atoms with Gasteiger partial charge in [0.25, 0.3) is 0 Å². The summed E-state index contributed by atoms with van der Waals surface area (Å²) in [6.45, 7) is 3.46. The van der Waals surface area contributed by atoms with Crippen molar-refractivity contribution in [2.75, 3.05) is 13.1 Å². The predicted molar refractivity (Wildman–Crippen MR) is 80.2 cm³/mol. The van der Waals surface area contributed by atoms with Gasteiger partial charge in [-0.05, 0) is 26.0 Å². The maximum atomic E-state index is 11.8. The Balaban J connectivity index is 0.00000361. The van der Waals surface area contributed by atoms with E-state index in [4.69, 9.17) is 5.73 Å². The topological polar surface area (TPSA) is 101 Å².